The zero-order valence-corrected chi connectivity index (χ0v) is 21.3. The summed E-state index contributed by atoms with van der Waals surface area (Å²) in [6, 6.07) is 24.2. The molecule has 1 aliphatic rings. The lowest BCUT2D eigenvalue weighted by molar-refractivity contribution is 0.0602. The lowest BCUT2D eigenvalue weighted by Gasteiger charge is -2.29. The van der Waals surface area contributed by atoms with Crippen LogP contribution < -0.4 is 15.0 Å². The van der Waals surface area contributed by atoms with E-state index in [-0.39, 0.29) is 11.5 Å². The van der Waals surface area contributed by atoms with Gasteiger partial charge in [-0.1, -0.05) is 36.4 Å². The van der Waals surface area contributed by atoms with E-state index in [1.54, 1.807) is 30.5 Å². The quantitative estimate of drug-likeness (QED) is 0.271. The molecule has 5 rings (SSSR count). The minimum atomic E-state index is -0.547. The van der Waals surface area contributed by atoms with Crippen LogP contribution in [-0.4, -0.2) is 32.1 Å². The maximum atomic E-state index is 13.8. The van der Waals surface area contributed by atoms with Gasteiger partial charge in [-0.05, 0) is 67.3 Å². The Kier molecular flexibility index (Phi) is 7.73. The number of hydrogen-bond acceptors (Lipinski definition) is 6. The van der Waals surface area contributed by atoms with E-state index in [0.717, 1.165) is 42.7 Å². The summed E-state index contributed by atoms with van der Waals surface area (Å²) in [4.78, 5) is 28.6. The van der Waals surface area contributed by atoms with Crippen LogP contribution in [0.3, 0.4) is 0 Å². The third kappa shape index (κ3) is 5.72. The van der Waals surface area contributed by atoms with Crippen molar-refractivity contribution in [3.8, 4) is 17.1 Å². The Labute approximate surface area is 222 Å². The van der Waals surface area contributed by atoms with Gasteiger partial charge in [-0.25, -0.2) is 4.79 Å². The van der Waals surface area contributed by atoms with Gasteiger partial charge in [0, 0.05) is 24.3 Å². The van der Waals surface area contributed by atoms with Crippen LogP contribution in [0.2, 0.25) is 0 Å². The number of hydrogen-bond donors (Lipinski definition) is 1. The Morgan fingerprint density at radius 1 is 0.895 bits per heavy atom. The van der Waals surface area contributed by atoms with E-state index >= 15 is 0 Å². The van der Waals surface area contributed by atoms with Gasteiger partial charge in [-0.15, -0.1) is 0 Å². The number of methoxy groups -OCH3 is 1. The van der Waals surface area contributed by atoms with E-state index in [1.807, 2.05) is 54.6 Å². The summed E-state index contributed by atoms with van der Waals surface area (Å²) in [5.74, 6) is 0.160. The lowest BCUT2D eigenvalue weighted by atomic mass is 10.1. The van der Waals surface area contributed by atoms with Gasteiger partial charge in [0.15, 0.2) is 0 Å². The van der Waals surface area contributed by atoms with Crippen molar-refractivity contribution in [2.24, 2.45) is 0 Å². The number of amides is 1. The molecule has 194 valence electrons. The molecule has 1 aliphatic heterocycles. The highest BCUT2D eigenvalue weighted by atomic mass is 16.5. The second-order valence-corrected chi connectivity index (χ2v) is 9.19. The number of rotatable bonds is 8. The molecule has 1 fully saturated rings. The molecule has 0 bridgehead atoms. The fourth-order valence-electron chi connectivity index (χ4n) is 4.63. The van der Waals surface area contributed by atoms with Crippen molar-refractivity contribution >= 4 is 23.3 Å². The van der Waals surface area contributed by atoms with E-state index in [0.29, 0.717) is 29.4 Å². The van der Waals surface area contributed by atoms with Gasteiger partial charge < -0.3 is 24.1 Å². The van der Waals surface area contributed by atoms with E-state index in [1.165, 1.54) is 13.5 Å². The molecule has 4 aromatic rings. The van der Waals surface area contributed by atoms with Crippen LogP contribution >= 0.6 is 0 Å². The zero-order chi connectivity index (χ0) is 26.3. The van der Waals surface area contributed by atoms with Crippen molar-refractivity contribution < 1.29 is 23.5 Å². The monoisotopic (exact) mass is 510 g/mol. The number of furan rings is 1. The number of anilines is 2. The Bertz CT molecular complexity index is 1390. The molecule has 1 N–H and O–H groups in total. The summed E-state index contributed by atoms with van der Waals surface area (Å²) in [6.07, 6.45) is 5.03. The number of carbonyl (C=O) groups is 2. The largest absolute Gasteiger partial charge is 0.488 e. The molecule has 0 radical (unpaired) electrons. The predicted octanol–water partition coefficient (Wildman–Crippen LogP) is 6.55. The summed E-state index contributed by atoms with van der Waals surface area (Å²) >= 11 is 0. The molecule has 0 saturated carbocycles. The fraction of sp³-hybridized carbons (Fsp3) is 0.226. The molecule has 7 heteroatoms. The first-order chi connectivity index (χ1) is 18.6. The summed E-state index contributed by atoms with van der Waals surface area (Å²) in [5, 5.41) is 2.93. The first kappa shape index (κ1) is 25.1. The SMILES string of the molecule is COC(=O)c1ccc(-c2ccco2)cc1NC(=O)c1cc(N2CCCCC2)ccc1OCc1ccccc1. The second kappa shape index (κ2) is 11.7. The standard InChI is InChI=1S/C31H30N2O5/c1-36-31(35)25-14-12-23(28-11-8-18-37-28)19-27(25)32-30(34)26-20-24(33-16-6-3-7-17-33)13-15-29(26)38-21-22-9-4-2-5-10-22/h2,4-5,8-15,18-20H,3,6-7,16-17,21H2,1H3,(H,32,34). The molecule has 1 saturated heterocycles. The average Bonchev–Trinajstić information content (AvgIpc) is 3.52. The third-order valence-corrected chi connectivity index (χ3v) is 6.64. The molecule has 2 heterocycles. The van der Waals surface area contributed by atoms with Crippen molar-refractivity contribution in [2.45, 2.75) is 25.9 Å². The maximum absolute atomic E-state index is 13.8. The van der Waals surface area contributed by atoms with E-state index < -0.39 is 5.97 Å². The molecule has 0 atom stereocenters. The van der Waals surface area contributed by atoms with E-state index in [2.05, 4.69) is 10.2 Å². The van der Waals surface area contributed by atoms with Crippen LogP contribution in [0.1, 0.15) is 45.5 Å². The Morgan fingerprint density at radius 2 is 1.71 bits per heavy atom. The molecule has 0 unspecified atom stereocenters. The number of ether oxygens (including phenoxy) is 2. The number of esters is 1. The summed E-state index contributed by atoms with van der Waals surface area (Å²) in [5.41, 5.74) is 3.66. The highest BCUT2D eigenvalue weighted by Gasteiger charge is 2.21. The second-order valence-electron chi connectivity index (χ2n) is 9.19. The predicted molar refractivity (Wildman–Crippen MR) is 147 cm³/mol. The molecule has 3 aromatic carbocycles. The topological polar surface area (TPSA) is 81.0 Å². The third-order valence-electron chi connectivity index (χ3n) is 6.64. The van der Waals surface area contributed by atoms with Crippen molar-refractivity contribution in [1.29, 1.82) is 0 Å². The molecule has 0 spiro atoms. The highest BCUT2D eigenvalue weighted by Crippen LogP contribution is 2.31. The molecule has 1 amide bonds. The van der Waals surface area contributed by atoms with Gasteiger partial charge in [0.05, 0.1) is 30.2 Å². The van der Waals surface area contributed by atoms with Crippen LogP contribution in [0.5, 0.6) is 5.75 Å². The molecule has 38 heavy (non-hydrogen) atoms. The van der Waals surface area contributed by atoms with Crippen molar-refractivity contribution in [2.75, 3.05) is 30.4 Å². The summed E-state index contributed by atoms with van der Waals surface area (Å²) in [7, 11) is 1.31. The smallest absolute Gasteiger partial charge is 0.339 e. The van der Waals surface area contributed by atoms with Gasteiger partial charge >= 0.3 is 5.97 Å². The molecule has 0 aliphatic carbocycles. The zero-order valence-electron chi connectivity index (χ0n) is 21.3. The van der Waals surface area contributed by atoms with Crippen LogP contribution in [0.15, 0.2) is 89.5 Å². The van der Waals surface area contributed by atoms with Gasteiger partial charge in [0.25, 0.3) is 5.91 Å². The number of nitrogens with one attached hydrogen (secondary N) is 1. The maximum Gasteiger partial charge on any atom is 0.339 e. The van der Waals surface area contributed by atoms with Gasteiger partial charge in [0.2, 0.25) is 0 Å². The average molecular weight is 511 g/mol. The summed E-state index contributed by atoms with van der Waals surface area (Å²) < 4.78 is 16.6. The minimum Gasteiger partial charge on any atom is -0.488 e. The molecular formula is C31H30N2O5. The number of benzene rings is 3. The summed E-state index contributed by atoms with van der Waals surface area (Å²) in [6.45, 7) is 2.22. The van der Waals surface area contributed by atoms with E-state index in [4.69, 9.17) is 13.9 Å². The van der Waals surface area contributed by atoms with Crippen molar-refractivity contribution in [1.82, 2.24) is 0 Å². The number of carbonyl (C=O) groups excluding carboxylic acids is 2. The molecular weight excluding hydrogens is 480 g/mol. The molecule has 1 aromatic heterocycles. The van der Waals surface area contributed by atoms with Crippen molar-refractivity contribution in [3.05, 3.63) is 102 Å². The Hall–Kier alpha value is -4.52. The van der Waals surface area contributed by atoms with Crippen LogP contribution in [0, 0.1) is 0 Å². The normalized spacial score (nSPS) is 13.1. The lowest BCUT2D eigenvalue weighted by Crippen LogP contribution is -2.29. The first-order valence-electron chi connectivity index (χ1n) is 12.8. The fourth-order valence-corrected chi connectivity index (χ4v) is 4.63. The Balaban J connectivity index is 1.48. The van der Waals surface area contributed by atoms with Gasteiger partial charge in [0.1, 0.15) is 18.1 Å². The first-order valence-corrected chi connectivity index (χ1v) is 12.8. The van der Waals surface area contributed by atoms with E-state index in [9.17, 15) is 9.59 Å². The highest BCUT2D eigenvalue weighted by molar-refractivity contribution is 6.10. The minimum absolute atomic E-state index is 0.245. The number of piperidine rings is 1. The van der Waals surface area contributed by atoms with Crippen molar-refractivity contribution in [3.63, 3.8) is 0 Å². The van der Waals surface area contributed by atoms with Crippen LogP contribution in [0.4, 0.5) is 11.4 Å². The van der Waals surface area contributed by atoms with Crippen LogP contribution in [-0.2, 0) is 11.3 Å². The molecule has 7 nitrogen and oxygen atoms in total. The van der Waals surface area contributed by atoms with Gasteiger partial charge in [-0.3, -0.25) is 4.79 Å². The number of nitrogens with zero attached hydrogens (tertiary/aromatic N) is 1. The van der Waals surface area contributed by atoms with Gasteiger partial charge in [-0.2, -0.15) is 0 Å². The van der Waals surface area contributed by atoms with Crippen LogP contribution in [0.25, 0.3) is 11.3 Å². The Morgan fingerprint density at radius 3 is 2.45 bits per heavy atom.